The minimum Gasteiger partial charge on any atom is -0.355 e. The van der Waals surface area contributed by atoms with E-state index < -0.39 is 0 Å². The maximum atomic E-state index is 11.6. The number of carbonyl (C=O) groups is 1. The first-order valence-electron chi connectivity index (χ1n) is 4.67. The van der Waals surface area contributed by atoms with E-state index in [9.17, 15) is 4.79 Å². The number of fused-ring (bicyclic) bond motifs is 1. The van der Waals surface area contributed by atoms with E-state index in [-0.39, 0.29) is 5.91 Å². The fourth-order valence-electron chi connectivity index (χ4n) is 1.52. The van der Waals surface area contributed by atoms with E-state index in [1.807, 2.05) is 13.8 Å². The predicted octanol–water partition coefficient (Wildman–Crippen LogP) is 0.706. The number of nitrogens with zero attached hydrogens (tertiary/aromatic N) is 3. The third-order valence-electron chi connectivity index (χ3n) is 2.14. The highest BCUT2D eigenvalue weighted by Crippen LogP contribution is 2.10. The van der Waals surface area contributed by atoms with Crippen molar-refractivity contribution in [2.24, 2.45) is 0 Å². The van der Waals surface area contributed by atoms with Gasteiger partial charge in [0.15, 0.2) is 5.65 Å². The smallest absolute Gasteiger partial charge is 0.254 e. The summed E-state index contributed by atoms with van der Waals surface area (Å²) >= 11 is 0. The molecule has 0 radical (unpaired) electrons. The second kappa shape index (κ2) is 3.34. The number of rotatable bonds is 1. The molecule has 2 aromatic rings. The van der Waals surface area contributed by atoms with E-state index in [4.69, 9.17) is 0 Å². The van der Waals surface area contributed by atoms with Crippen LogP contribution in [-0.4, -0.2) is 27.6 Å². The number of imidazole rings is 1. The Balaban J connectivity index is 2.75. The first kappa shape index (κ1) is 9.64. The lowest BCUT2D eigenvalue weighted by atomic mass is 10.2. The second-order valence-electron chi connectivity index (χ2n) is 3.43. The van der Waals surface area contributed by atoms with Crippen molar-refractivity contribution in [2.45, 2.75) is 13.8 Å². The maximum Gasteiger partial charge on any atom is 0.254 e. The van der Waals surface area contributed by atoms with Gasteiger partial charge < -0.3 is 5.32 Å². The van der Waals surface area contributed by atoms with Crippen molar-refractivity contribution in [3.8, 4) is 0 Å². The zero-order chi connectivity index (χ0) is 11.0. The third-order valence-corrected chi connectivity index (χ3v) is 2.14. The molecule has 0 atom stereocenters. The zero-order valence-electron chi connectivity index (χ0n) is 8.90. The van der Waals surface area contributed by atoms with Crippen molar-refractivity contribution in [1.82, 2.24) is 19.9 Å². The summed E-state index contributed by atoms with van der Waals surface area (Å²) in [6, 6.07) is 1.74. The van der Waals surface area contributed by atoms with Crippen LogP contribution in [-0.2, 0) is 0 Å². The molecular formula is C10H12N4O. The Hall–Kier alpha value is -1.91. The van der Waals surface area contributed by atoms with Crippen LogP contribution in [0, 0.1) is 13.8 Å². The molecular weight excluding hydrogens is 192 g/mol. The number of hydrogen-bond acceptors (Lipinski definition) is 3. The number of aryl methyl sites for hydroxylation is 2. The van der Waals surface area contributed by atoms with Crippen LogP contribution in [0.5, 0.6) is 0 Å². The van der Waals surface area contributed by atoms with Crippen LogP contribution in [0.15, 0.2) is 12.3 Å². The minimum atomic E-state index is -0.142. The molecule has 0 saturated heterocycles. The molecule has 1 amide bonds. The quantitative estimate of drug-likeness (QED) is 0.744. The third kappa shape index (κ3) is 1.56. The summed E-state index contributed by atoms with van der Waals surface area (Å²) in [5, 5.41) is 6.84. The van der Waals surface area contributed by atoms with E-state index in [0.29, 0.717) is 11.2 Å². The van der Waals surface area contributed by atoms with Gasteiger partial charge in [-0.15, -0.1) is 0 Å². The van der Waals surface area contributed by atoms with Crippen LogP contribution >= 0.6 is 0 Å². The fraction of sp³-hybridized carbons (Fsp3) is 0.300. The van der Waals surface area contributed by atoms with Gasteiger partial charge in [0, 0.05) is 7.05 Å². The van der Waals surface area contributed by atoms with Crippen molar-refractivity contribution in [3.05, 3.63) is 29.2 Å². The highest BCUT2D eigenvalue weighted by molar-refractivity contribution is 5.99. The van der Waals surface area contributed by atoms with Crippen molar-refractivity contribution in [2.75, 3.05) is 7.05 Å². The zero-order valence-corrected chi connectivity index (χ0v) is 8.90. The molecule has 0 aliphatic heterocycles. The molecule has 0 spiro atoms. The van der Waals surface area contributed by atoms with Gasteiger partial charge in [0.2, 0.25) is 0 Å². The number of aromatic nitrogens is 3. The first-order valence-corrected chi connectivity index (χ1v) is 4.67. The average molecular weight is 204 g/mol. The van der Waals surface area contributed by atoms with Gasteiger partial charge in [-0.2, -0.15) is 5.10 Å². The van der Waals surface area contributed by atoms with Crippen LogP contribution in [0.3, 0.4) is 0 Å². The summed E-state index contributed by atoms with van der Waals surface area (Å²) < 4.78 is 1.63. The highest BCUT2D eigenvalue weighted by atomic mass is 16.1. The molecule has 2 rings (SSSR count). The molecule has 0 aliphatic carbocycles. The second-order valence-corrected chi connectivity index (χ2v) is 3.43. The van der Waals surface area contributed by atoms with Crippen molar-refractivity contribution in [3.63, 3.8) is 0 Å². The Bertz CT molecular complexity index is 529. The van der Waals surface area contributed by atoms with E-state index >= 15 is 0 Å². The van der Waals surface area contributed by atoms with Gasteiger partial charge in [0.25, 0.3) is 5.91 Å². The molecule has 0 unspecified atom stereocenters. The Kier molecular flexibility index (Phi) is 2.15. The molecule has 0 aromatic carbocycles. The van der Waals surface area contributed by atoms with Crippen LogP contribution < -0.4 is 5.32 Å². The van der Waals surface area contributed by atoms with Crippen molar-refractivity contribution in [1.29, 1.82) is 0 Å². The molecule has 1 N–H and O–H groups in total. The summed E-state index contributed by atoms with van der Waals surface area (Å²) in [6.07, 6.45) is 1.80. The summed E-state index contributed by atoms with van der Waals surface area (Å²) in [6.45, 7) is 3.72. The molecule has 0 bridgehead atoms. The molecule has 5 nitrogen and oxygen atoms in total. The van der Waals surface area contributed by atoms with E-state index in [2.05, 4.69) is 15.4 Å². The molecule has 0 fully saturated rings. The van der Waals surface area contributed by atoms with Gasteiger partial charge in [-0.25, -0.2) is 9.50 Å². The Morgan fingerprint density at radius 3 is 2.80 bits per heavy atom. The maximum absolute atomic E-state index is 11.6. The van der Waals surface area contributed by atoms with E-state index in [1.54, 1.807) is 23.8 Å². The van der Waals surface area contributed by atoms with Gasteiger partial charge >= 0.3 is 0 Å². The van der Waals surface area contributed by atoms with E-state index in [1.165, 1.54) is 0 Å². The molecule has 78 valence electrons. The number of nitrogens with one attached hydrogen (secondary N) is 1. The summed E-state index contributed by atoms with van der Waals surface area (Å²) in [5.41, 5.74) is 2.78. The molecule has 15 heavy (non-hydrogen) atoms. The number of hydrogen-bond donors (Lipinski definition) is 1. The molecule has 2 heterocycles. The highest BCUT2D eigenvalue weighted by Gasteiger charge is 2.12. The summed E-state index contributed by atoms with van der Waals surface area (Å²) in [4.78, 5) is 15.9. The average Bonchev–Trinajstić information content (AvgIpc) is 2.55. The first-order chi connectivity index (χ1) is 7.11. The predicted molar refractivity (Wildman–Crippen MR) is 55.9 cm³/mol. The van der Waals surface area contributed by atoms with Gasteiger partial charge in [-0.1, -0.05) is 0 Å². The number of amides is 1. The van der Waals surface area contributed by atoms with Gasteiger partial charge in [-0.3, -0.25) is 4.79 Å². The summed E-state index contributed by atoms with van der Waals surface area (Å²) in [7, 11) is 1.60. The Morgan fingerprint density at radius 1 is 1.40 bits per heavy atom. The van der Waals surface area contributed by atoms with Crippen molar-refractivity contribution >= 4 is 11.6 Å². The summed E-state index contributed by atoms with van der Waals surface area (Å²) in [5.74, 6) is -0.142. The van der Waals surface area contributed by atoms with Crippen LogP contribution in [0.25, 0.3) is 5.65 Å². The van der Waals surface area contributed by atoms with Crippen LogP contribution in [0.4, 0.5) is 0 Å². The molecule has 2 aromatic heterocycles. The monoisotopic (exact) mass is 204 g/mol. The minimum absolute atomic E-state index is 0.142. The Morgan fingerprint density at radius 2 is 2.13 bits per heavy atom. The van der Waals surface area contributed by atoms with Gasteiger partial charge in [-0.05, 0) is 19.9 Å². The lowest BCUT2D eigenvalue weighted by Gasteiger charge is -2.02. The topological polar surface area (TPSA) is 59.3 Å². The fourth-order valence-corrected chi connectivity index (χ4v) is 1.52. The van der Waals surface area contributed by atoms with Gasteiger partial charge in [0.05, 0.1) is 23.1 Å². The normalized spacial score (nSPS) is 10.6. The van der Waals surface area contributed by atoms with Gasteiger partial charge in [0.1, 0.15) is 0 Å². The lowest BCUT2D eigenvalue weighted by Crippen LogP contribution is -2.19. The Labute approximate surface area is 87.1 Å². The standard InChI is InChI=1S/C10H12N4O/c1-6-4-8(10(15)11-3)9-12-7(2)5-14(9)13-6/h4-5H,1-3H3,(H,11,15). The van der Waals surface area contributed by atoms with Crippen LogP contribution in [0.1, 0.15) is 21.7 Å². The number of carbonyl (C=O) groups excluding carboxylic acids is 1. The molecule has 5 heteroatoms. The molecule has 0 saturated carbocycles. The largest absolute Gasteiger partial charge is 0.355 e. The SMILES string of the molecule is CNC(=O)c1cc(C)nn2cc(C)nc12. The van der Waals surface area contributed by atoms with Crippen LogP contribution in [0.2, 0.25) is 0 Å². The van der Waals surface area contributed by atoms with Crippen molar-refractivity contribution < 1.29 is 4.79 Å². The van der Waals surface area contributed by atoms with E-state index in [0.717, 1.165) is 11.4 Å². The lowest BCUT2D eigenvalue weighted by molar-refractivity contribution is 0.0964. The molecule has 0 aliphatic rings.